The van der Waals surface area contributed by atoms with Crippen LogP contribution in [0.4, 0.5) is 5.69 Å². The minimum Gasteiger partial charge on any atom is -0.288 e. The van der Waals surface area contributed by atoms with Crippen LogP contribution < -0.4 is 5.32 Å². The molecule has 76 valence electrons. The standard InChI is InChI=1S/C8H3ClN2O4/c9-6-4(11(14)15)2-1-3-5(6)8(13)10-7(3)12/h1-2H,(H,10,12,13). The van der Waals surface area contributed by atoms with Crippen molar-refractivity contribution < 1.29 is 14.5 Å². The molecule has 0 aromatic heterocycles. The van der Waals surface area contributed by atoms with Crippen LogP contribution in [-0.4, -0.2) is 16.7 Å². The van der Waals surface area contributed by atoms with E-state index in [0.717, 1.165) is 6.07 Å². The van der Waals surface area contributed by atoms with Crippen LogP contribution in [0, 0.1) is 10.1 Å². The van der Waals surface area contributed by atoms with Crippen LogP contribution in [0.3, 0.4) is 0 Å². The van der Waals surface area contributed by atoms with E-state index in [0.29, 0.717) is 0 Å². The lowest BCUT2D eigenvalue weighted by atomic mass is 10.1. The topological polar surface area (TPSA) is 89.3 Å². The SMILES string of the molecule is O=C1NC(=O)c2c1ccc([N+](=O)[O-])c2Cl. The smallest absolute Gasteiger partial charge is 0.288 e. The summed E-state index contributed by atoms with van der Waals surface area (Å²) in [4.78, 5) is 32.2. The van der Waals surface area contributed by atoms with Crippen molar-refractivity contribution in [2.45, 2.75) is 0 Å². The highest BCUT2D eigenvalue weighted by atomic mass is 35.5. The maximum Gasteiger partial charge on any atom is 0.288 e. The first kappa shape index (κ1) is 9.60. The molecule has 1 heterocycles. The van der Waals surface area contributed by atoms with Crippen molar-refractivity contribution in [3.05, 3.63) is 38.4 Å². The van der Waals surface area contributed by atoms with E-state index in [1.54, 1.807) is 0 Å². The fraction of sp³-hybridized carbons (Fsp3) is 0. The van der Waals surface area contributed by atoms with Gasteiger partial charge in [0, 0.05) is 6.07 Å². The number of amides is 2. The van der Waals surface area contributed by atoms with Crippen molar-refractivity contribution in [2.24, 2.45) is 0 Å². The number of rotatable bonds is 1. The van der Waals surface area contributed by atoms with E-state index in [9.17, 15) is 19.7 Å². The molecule has 0 fully saturated rings. The lowest BCUT2D eigenvalue weighted by molar-refractivity contribution is -0.384. The van der Waals surface area contributed by atoms with E-state index >= 15 is 0 Å². The summed E-state index contributed by atoms with van der Waals surface area (Å²) in [6, 6.07) is 2.30. The van der Waals surface area contributed by atoms with Gasteiger partial charge in [0.2, 0.25) is 0 Å². The third-order valence-corrected chi connectivity index (χ3v) is 2.40. The monoisotopic (exact) mass is 226 g/mol. The van der Waals surface area contributed by atoms with Crippen LogP contribution in [0.15, 0.2) is 12.1 Å². The molecule has 1 aromatic rings. The van der Waals surface area contributed by atoms with Crippen LogP contribution >= 0.6 is 11.6 Å². The number of halogens is 1. The molecule has 0 spiro atoms. The second-order valence-corrected chi connectivity index (χ2v) is 3.24. The highest BCUT2D eigenvalue weighted by Crippen LogP contribution is 2.32. The molecule has 1 aromatic carbocycles. The minimum absolute atomic E-state index is 0.0654. The van der Waals surface area contributed by atoms with Gasteiger partial charge >= 0.3 is 0 Å². The number of nitrogens with one attached hydrogen (secondary N) is 1. The number of fused-ring (bicyclic) bond motifs is 1. The van der Waals surface area contributed by atoms with Gasteiger partial charge in [0.15, 0.2) is 0 Å². The maximum atomic E-state index is 11.2. The Balaban J connectivity index is 2.74. The average Bonchev–Trinajstić information content (AvgIpc) is 2.43. The zero-order chi connectivity index (χ0) is 11.2. The van der Waals surface area contributed by atoms with Crippen molar-refractivity contribution in [3.63, 3.8) is 0 Å². The Kier molecular flexibility index (Phi) is 1.94. The first-order chi connectivity index (χ1) is 7.02. The van der Waals surface area contributed by atoms with E-state index in [2.05, 4.69) is 0 Å². The molecule has 1 aliphatic heterocycles. The maximum absolute atomic E-state index is 11.2. The number of hydrogen-bond donors (Lipinski definition) is 1. The summed E-state index contributed by atoms with van der Waals surface area (Å²) in [5.74, 6) is -1.30. The zero-order valence-corrected chi connectivity index (χ0v) is 7.87. The van der Waals surface area contributed by atoms with Gasteiger partial charge in [-0.05, 0) is 6.07 Å². The Morgan fingerprint density at radius 2 is 1.93 bits per heavy atom. The fourth-order valence-electron chi connectivity index (χ4n) is 1.35. The molecule has 2 rings (SSSR count). The number of carbonyl (C=O) groups excluding carboxylic acids is 2. The van der Waals surface area contributed by atoms with Crippen molar-refractivity contribution >= 4 is 29.1 Å². The number of nitrogens with zero attached hydrogens (tertiary/aromatic N) is 1. The average molecular weight is 227 g/mol. The molecule has 1 N–H and O–H groups in total. The predicted molar refractivity (Wildman–Crippen MR) is 49.9 cm³/mol. The van der Waals surface area contributed by atoms with Gasteiger partial charge in [-0.25, -0.2) is 0 Å². The minimum atomic E-state index is -0.710. The van der Waals surface area contributed by atoms with Gasteiger partial charge in [0.1, 0.15) is 5.02 Å². The number of benzene rings is 1. The highest BCUT2D eigenvalue weighted by molar-refractivity contribution is 6.39. The molecular formula is C8H3ClN2O4. The summed E-state index contributed by atoms with van der Waals surface area (Å²) in [6.45, 7) is 0. The fourth-order valence-corrected chi connectivity index (χ4v) is 1.67. The third kappa shape index (κ3) is 1.26. The summed E-state index contributed by atoms with van der Waals surface area (Å²) in [7, 11) is 0. The highest BCUT2D eigenvalue weighted by Gasteiger charge is 2.33. The molecule has 0 atom stereocenters. The molecule has 0 unspecified atom stereocenters. The molecule has 2 amide bonds. The van der Waals surface area contributed by atoms with Gasteiger partial charge in [0.25, 0.3) is 17.5 Å². The predicted octanol–water partition coefficient (Wildman–Crippen LogP) is 1.13. The lowest BCUT2D eigenvalue weighted by Gasteiger charge is -1.98. The van der Waals surface area contributed by atoms with Crippen LogP contribution in [0.2, 0.25) is 5.02 Å². The molecule has 0 radical (unpaired) electrons. The van der Waals surface area contributed by atoms with Gasteiger partial charge in [-0.1, -0.05) is 11.6 Å². The van der Waals surface area contributed by atoms with Gasteiger partial charge < -0.3 is 0 Å². The van der Waals surface area contributed by atoms with Gasteiger partial charge in [-0.3, -0.25) is 25.0 Å². The number of hydrogen-bond acceptors (Lipinski definition) is 4. The normalized spacial score (nSPS) is 13.7. The van der Waals surface area contributed by atoms with Gasteiger partial charge in [-0.2, -0.15) is 0 Å². The molecule has 1 aliphatic rings. The molecule has 6 nitrogen and oxygen atoms in total. The van der Waals surface area contributed by atoms with Crippen LogP contribution in [0.5, 0.6) is 0 Å². The molecule has 0 aliphatic carbocycles. The number of imide groups is 1. The number of nitro benzene ring substituents is 1. The molecule has 15 heavy (non-hydrogen) atoms. The Labute approximate surface area is 88.0 Å². The Morgan fingerprint density at radius 1 is 1.27 bits per heavy atom. The second-order valence-electron chi connectivity index (χ2n) is 2.86. The van der Waals surface area contributed by atoms with Crippen LogP contribution in [0.1, 0.15) is 20.7 Å². The summed E-state index contributed by atoms with van der Waals surface area (Å²) < 4.78 is 0. The molecular weight excluding hydrogens is 224 g/mol. The second kappa shape index (κ2) is 3.03. The molecule has 0 saturated carbocycles. The third-order valence-electron chi connectivity index (χ3n) is 2.02. The first-order valence-corrected chi connectivity index (χ1v) is 4.22. The Morgan fingerprint density at radius 3 is 2.53 bits per heavy atom. The van der Waals surface area contributed by atoms with Gasteiger partial charge in [-0.15, -0.1) is 0 Å². The number of carbonyl (C=O) groups is 2. The van der Waals surface area contributed by atoms with E-state index < -0.39 is 16.7 Å². The number of nitro groups is 1. The quantitative estimate of drug-likeness (QED) is 0.442. The summed E-state index contributed by atoms with van der Waals surface area (Å²) in [6.07, 6.45) is 0. The summed E-state index contributed by atoms with van der Waals surface area (Å²) >= 11 is 5.65. The summed E-state index contributed by atoms with van der Waals surface area (Å²) in [5, 5.41) is 12.2. The molecule has 0 bridgehead atoms. The van der Waals surface area contributed by atoms with Crippen LogP contribution in [0.25, 0.3) is 0 Å². The van der Waals surface area contributed by atoms with Gasteiger partial charge in [0.05, 0.1) is 16.1 Å². The molecule has 0 saturated heterocycles. The van der Waals surface area contributed by atoms with E-state index in [1.807, 2.05) is 5.32 Å². The Bertz CT molecular complexity index is 512. The van der Waals surface area contributed by atoms with Crippen molar-refractivity contribution in [2.75, 3.05) is 0 Å². The zero-order valence-electron chi connectivity index (χ0n) is 7.11. The van der Waals surface area contributed by atoms with E-state index in [4.69, 9.17) is 11.6 Å². The van der Waals surface area contributed by atoms with Crippen molar-refractivity contribution in [1.82, 2.24) is 5.32 Å². The Hall–Kier alpha value is -1.95. The molecule has 7 heteroatoms. The van der Waals surface area contributed by atoms with E-state index in [-0.39, 0.29) is 21.8 Å². The van der Waals surface area contributed by atoms with Crippen molar-refractivity contribution in [3.8, 4) is 0 Å². The first-order valence-electron chi connectivity index (χ1n) is 3.85. The largest absolute Gasteiger partial charge is 0.288 e. The lowest BCUT2D eigenvalue weighted by Crippen LogP contribution is -2.20. The van der Waals surface area contributed by atoms with Crippen molar-refractivity contribution in [1.29, 1.82) is 0 Å². The summed E-state index contributed by atoms with van der Waals surface area (Å²) in [5.41, 5.74) is -0.452. The van der Waals surface area contributed by atoms with Crippen LogP contribution in [-0.2, 0) is 0 Å². The van der Waals surface area contributed by atoms with E-state index in [1.165, 1.54) is 6.07 Å².